The van der Waals surface area contributed by atoms with Crippen LogP contribution >= 0.6 is 11.3 Å². The maximum Gasteiger partial charge on any atom is 0.226 e. The summed E-state index contributed by atoms with van der Waals surface area (Å²) in [5, 5.41) is 8.33. The fourth-order valence-electron chi connectivity index (χ4n) is 4.03. The lowest BCUT2D eigenvalue weighted by atomic mass is 9.86. The van der Waals surface area contributed by atoms with Crippen molar-refractivity contribution in [3.8, 4) is 16.6 Å². The number of thiazole rings is 1. The second-order valence-electron chi connectivity index (χ2n) is 7.71. The van der Waals surface area contributed by atoms with Crippen LogP contribution in [-0.2, 0) is 4.79 Å². The van der Waals surface area contributed by atoms with Crippen molar-refractivity contribution in [2.75, 3.05) is 19.0 Å². The minimum atomic E-state index is -0.186. The number of rotatable bonds is 7. The summed E-state index contributed by atoms with van der Waals surface area (Å²) in [7, 11) is 1.63. The van der Waals surface area contributed by atoms with Gasteiger partial charge in [-0.15, -0.1) is 0 Å². The van der Waals surface area contributed by atoms with E-state index in [1.807, 2.05) is 48.7 Å². The number of fused-ring (bicyclic) bond motifs is 2. The number of hydrogen-bond acceptors (Lipinski definition) is 6. The highest BCUT2D eigenvalue weighted by Gasteiger charge is 2.33. The second kappa shape index (κ2) is 8.63. The third kappa shape index (κ3) is 3.60. The number of anilines is 1. The lowest BCUT2D eigenvalue weighted by Crippen LogP contribution is -2.25. The predicted octanol–water partition coefficient (Wildman–Crippen LogP) is 5.14. The molecule has 2 aromatic heterocycles. The molecule has 1 atom stereocenters. The molecule has 0 aliphatic carbocycles. The number of para-hydroxylation sites is 2. The molecular weight excluding hydrogens is 424 g/mol. The van der Waals surface area contributed by atoms with E-state index in [9.17, 15) is 4.79 Å². The first-order valence-corrected chi connectivity index (χ1v) is 11.5. The number of unbranched alkanes of at least 4 members (excludes halogenated alkanes) is 1. The van der Waals surface area contributed by atoms with Gasteiger partial charge >= 0.3 is 0 Å². The number of benzene rings is 2. The zero-order valence-corrected chi connectivity index (χ0v) is 18.8. The number of methoxy groups -OCH3 is 1. The third-order valence-electron chi connectivity index (χ3n) is 5.63. The lowest BCUT2D eigenvalue weighted by molar-refractivity contribution is -0.116. The zero-order chi connectivity index (χ0) is 22.1. The van der Waals surface area contributed by atoms with Crippen molar-refractivity contribution in [2.24, 2.45) is 0 Å². The van der Waals surface area contributed by atoms with Crippen molar-refractivity contribution in [3.63, 3.8) is 0 Å². The molecule has 1 aliphatic heterocycles. The van der Waals surface area contributed by atoms with E-state index >= 15 is 0 Å². The summed E-state index contributed by atoms with van der Waals surface area (Å²) in [6.07, 6.45) is 4.12. The van der Waals surface area contributed by atoms with E-state index in [4.69, 9.17) is 14.5 Å². The van der Waals surface area contributed by atoms with E-state index in [2.05, 4.69) is 17.3 Å². The number of carbonyl (C=O) groups excluding carboxylic acids is 1. The van der Waals surface area contributed by atoms with Gasteiger partial charge in [0.15, 0.2) is 11.5 Å². The molecule has 1 amide bonds. The first kappa shape index (κ1) is 20.5. The topological polar surface area (TPSA) is 78.3 Å². The van der Waals surface area contributed by atoms with Crippen LogP contribution in [0.4, 0.5) is 5.82 Å². The van der Waals surface area contributed by atoms with E-state index < -0.39 is 0 Å². The Morgan fingerprint density at radius 3 is 2.88 bits per heavy atom. The molecule has 0 unspecified atom stereocenters. The molecule has 164 valence electrons. The minimum Gasteiger partial charge on any atom is -0.493 e. The predicted molar refractivity (Wildman–Crippen MR) is 125 cm³/mol. The third-order valence-corrected chi connectivity index (χ3v) is 6.64. The highest BCUT2D eigenvalue weighted by atomic mass is 32.1. The van der Waals surface area contributed by atoms with Crippen LogP contribution in [-0.4, -0.2) is 34.4 Å². The van der Waals surface area contributed by atoms with E-state index in [-0.39, 0.29) is 11.8 Å². The quantitative estimate of drug-likeness (QED) is 0.396. The first-order valence-electron chi connectivity index (χ1n) is 10.7. The van der Waals surface area contributed by atoms with Gasteiger partial charge < -0.3 is 14.8 Å². The van der Waals surface area contributed by atoms with Crippen LogP contribution in [0.3, 0.4) is 0 Å². The Hall–Kier alpha value is -3.39. The van der Waals surface area contributed by atoms with Gasteiger partial charge in [-0.05, 0) is 24.6 Å². The first-order chi connectivity index (χ1) is 15.7. The van der Waals surface area contributed by atoms with Gasteiger partial charge in [-0.1, -0.05) is 48.9 Å². The summed E-state index contributed by atoms with van der Waals surface area (Å²) in [5.41, 5.74) is 2.78. The van der Waals surface area contributed by atoms with Crippen molar-refractivity contribution in [1.82, 2.24) is 14.8 Å². The highest BCUT2D eigenvalue weighted by Crippen LogP contribution is 2.45. The maximum atomic E-state index is 12.7. The van der Waals surface area contributed by atoms with Crippen molar-refractivity contribution in [1.29, 1.82) is 0 Å². The molecule has 8 heteroatoms. The lowest BCUT2D eigenvalue weighted by Gasteiger charge is -2.26. The number of carbonyl (C=O) groups is 1. The molecule has 3 heterocycles. The molecular formula is C24H24N4O3S. The Morgan fingerprint density at radius 2 is 2.06 bits per heavy atom. The van der Waals surface area contributed by atoms with Gasteiger partial charge in [0, 0.05) is 23.5 Å². The normalized spacial score (nSPS) is 15.4. The van der Waals surface area contributed by atoms with Crippen LogP contribution in [0.1, 0.15) is 43.2 Å². The number of hydrogen-bond donors (Lipinski definition) is 1. The van der Waals surface area contributed by atoms with E-state index in [0.717, 1.165) is 39.3 Å². The summed E-state index contributed by atoms with van der Waals surface area (Å²) >= 11 is 1.54. The van der Waals surface area contributed by atoms with E-state index in [0.29, 0.717) is 30.3 Å². The van der Waals surface area contributed by atoms with Crippen LogP contribution < -0.4 is 14.8 Å². The summed E-state index contributed by atoms with van der Waals surface area (Å²) in [4.78, 5) is 17.5. The summed E-state index contributed by atoms with van der Waals surface area (Å²) in [5.74, 6) is 1.78. The SMILES string of the molecule is CCCCOc1c(OC)cccc1[C@H]1CC(=O)Nc2c1cnn2-c1nc2ccccc2s1. The van der Waals surface area contributed by atoms with Gasteiger partial charge in [0.2, 0.25) is 11.0 Å². The van der Waals surface area contributed by atoms with Crippen LogP contribution in [0, 0.1) is 0 Å². The molecule has 0 bridgehead atoms. The molecule has 4 aromatic rings. The standard InChI is InChI=1S/C24H24N4O3S/c1-3-4-12-31-22-15(8-7-10-19(22)30-2)16-13-21(29)27-23-17(16)14-25-28(23)24-26-18-9-5-6-11-20(18)32-24/h5-11,14,16H,3-4,12-13H2,1-2H3,(H,27,29)/t16-/m1/s1. The van der Waals surface area contributed by atoms with Crippen LogP contribution in [0.15, 0.2) is 48.7 Å². The summed E-state index contributed by atoms with van der Waals surface area (Å²) in [6, 6.07) is 13.8. The van der Waals surface area contributed by atoms with Crippen LogP contribution in [0.5, 0.6) is 11.5 Å². The van der Waals surface area contributed by atoms with Gasteiger partial charge in [0.05, 0.1) is 30.1 Å². The molecule has 32 heavy (non-hydrogen) atoms. The molecule has 1 aliphatic rings. The molecule has 0 saturated carbocycles. The number of ether oxygens (including phenoxy) is 2. The van der Waals surface area contributed by atoms with Crippen molar-refractivity contribution in [2.45, 2.75) is 32.1 Å². The average Bonchev–Trinajstić information content (AvgIpc) is 3.42. The van der Waals surface area contributed by atoms with Gasteiger partial charge in [0.25, 0.3) is 0 Å². The minimum absolute atomic E-state index is 0.0623. The largest absolute Gasteiger partial charge is 0.493 e. The molecule has 0 saturated heterocycles. The van der Waals surface area contributed by atoms with Gasteiger partial charge in [0.1, 0.15) is 5.82 Å². The Bertz CT molecular complexity index is 1250. The Labute approximate surface area is 190 Å². The Morgan fingerprint density at radius 1 is 1.19 bits per heavy atom. The molecule has 5 rings (SSSR count). The average molecular weight is 449 g/mol. The zero-order valence-electron chi connectivity index (χ0n) is 18.0. The van der Waals surface area contributed by atoms with Gasteiger partial charge in [-0.25, -0.2) is 4.98 Å². The number of nitrogens with one attached hydrogen (secondary N) is 1. The van der Waals surface area contributed by atoms with Crippen molar-refractivity contribution < 1.29 is 14.3 Å². The molecule has 0 fully saturated rings. The molecule has 7 nitrogen and oxygen atoms in total. The number of aromatic nitrogens is 3. The number of amides is 1. The second-order valence-corrected chi connectivity index (χ2v) is 8.72. The fourth-order valence-corrected chi connectivity index (χ4v) is 4.96. The maximum absolute atomic E-state index is 12.7. The Balaban J connectivity index is 1.58. The van der Waals surface area contributed by atoms with Gasteiger partial charge in [-0.2, -0.15) is 9.78 Å². The molecule has 2 aromatic carbocycles. The smallest absolute Gasteiger partial charge is 0.226 e. The van der Waals surface area contributed by atoms with E-state index in [1.165, 1.54) is 0 Å². The highest BCUT2D eigenvalue weighted by molar-refractivity contribution is 7.20. The molecule has 1 N–H and O–H groups in total. The summed E-state index contributed by atoms with van der Waals surface area (Å²) < 4.78 is 14.5. The fraction of sp³-hybridized carbons (Fsp3) is 0.292. The molecule has 0 radical (unpaired) electrons. The summed E-state index contributed by atoms with van der Waals surface area (Å²) in [6.45, 7) is 2.72. The van der Waals surface area contributed by atoms with Crippen molar-refractivity contribution >= 4 is 33.3 Å². The van der Waals surface area contributed by atoms with Crippen molar-refractivity contribution in [3.05, 3.63) is 59.8 Å². The van der Waals surface area contributed by atoms with Gasteiger partial charge in [-0.3, -0.25) is 4.79 Å². The Kier molecular flexibility index (Phi) is 5.53. The van der Waals surface area contributed by atoms with E-state index in [1.54, 1.807) is 23.1 Å². The van der Waals surface area contributed by atoms with Crippen LogP contribution in [0.2, 0.25) is 0 Å². The molecule has 0 spiro atoms. The van der Waals surface area contributed by atoms with Crippen LogP contribution in [0.25, 0.3) is 15.3 Å². The monoisotopic (exact) mass is 448 g/mol. The number of nitrogens with zero attached hydrogens (tertiary/aromatic N) is 3.